The van der Waals surface area contributed by atoms with Crippen molar-refractivity contribution in [1.29, 1.82) is 0 Å². The first kappa shape index (κ1) is 27.0. The molecular formula is C33H29N3O6. The van der Waals surface area contributed by atoms with Crippen LogP contribution < -0.4 is 10.6 Å². The Bertz CT molecular complexity index is 1750. The van der Waals surface area contributed by atoms with E-state index in [1.165, 1.54) is 11.8 Å². The summed E-state index contributed by atoms with van der Waals surface area (Å²) in [5.74, 6) is -0.874. The van der Waals surface area contributed by atoms with Gasteiger partial charge in [0.25, 0.3) is 0 Å². The van der Waals surface area contributed by atoms with Crippen LogP contribution in [0.25, 0.3) is 22.6 Å². The lowest BCUT2D eigenvalue weighted by atomic mass is 10.00. The fraction of sp³-hybridized carbons (Fsp3) is 0.212. The summed E-state index contributed by atoms with van der Waals surface area (Å²) in [5.41, 5.74) is 6.24. The Morgan fingerprint density at radius 3 is 2.60 bits per heavy atom. The summed E-state index contributed by atoms with van der Waals surface area (Å²) in [4.78, 5) is 44.3. The van der Waals surface area contributed by atoms with E-state index < -0.39 is 24.0 Å². The predicted molar refractivity (Wildman–Crippen MR) is 156 cm³/mol. The van der Waals surface area contributed by atoms with Gasteiger partial charge in [0.15, 0.2) is 0 Å². The van der Waals surface area contributed by atoms with Gasteiger partial charge < -0.3 is 24.5 Å². The smallest absolute Gasteiger partial charge is 0.339 e. The average Bonchev–Trinajstić information content (AvgIpc) is 3.66. The first-order chi connectivity index (χ1) is 20.4. The van der Waals surface area contributed by atoms with Gasteiger partial charge in [-0.1, -0.05) is 48.0 Å². The number of ether oxygens (including phenoxy) is 2. The number of para-hydroxylation sites is 1. The van der Waals surface area contributed by atoms with Gasteiger partial charge in [-0.3, -0.25) is 0 Å². The van der Waals surface area contributed by atoms with E-state index in [9.17, 15) is 14.4 Å². The predicted octanol–water partition coefficient (Wildman–Crippen LogP) is 5.65. The van der Waals surface area contributed by atoms with Crippen LogP contribution >= 0.6 is 0 Å². The number of allylic oxidation sites excluding steroid dienone is 1. The van der Waals surface area contributed by atoms with E-state index in [0.29, 0.717) is 28.6 Å². The highest BCUT2D eigenvalue weighted by Gasteiger charge is 2.36. The number of nitrogens with one attached hydrogen (secondary N) is 2. The maximum Gasteiger partial charge on any atom is 0.339 e. The van der Waals surface area contributed by atoms with Gasteiger partial charge in [0.2, 0.25) is 0 Å². The lowest BCUT2D eigenvalue weighted by molar-refractivity contribution is -0.139. The number of esters is 2. The molecule has 212 valence electrons. The molecule has 2 N–H and O–H groups in total. The van der Waals surface area contributed by atoms with Crippen molar-refractivity contribution in [1.82, 2.24) is 15.6 Å². The van der Waals surface area contributed by atoms with E-state index >= 15 is 0 Å². The van der Waals surface area contributed by atoms with Crippen molar-refractivity contribution in [3.05, 3.63) is 112 Å². The molecule has 6 rings (SSSR count). The third-order valence-corrected chi connectivity index (χ3v) is 7.39. The van der Waals surface area contributed by atoms with Crippen LogP contribution in [-0.2, 0) is 20.7 Å². The molecular weight excluding hydrogens is 534 g/mol. The molecule has 1 atom stereocenters. The Hall–Kier alpha value is -5.18. The zero-order chi connectivity index (χ0) is 29.2. The fourth-order valence-electron chi connectivity index (χ4n) is 5.44. The van der Waals surface area contributed by atoms with Crippen molar-refractivity contribution in [2.24, 2.45) is 0 Å². The highest BCUT2D eigenvalue weighted by atomic mass is 16.5. The third-order valence-electron chi connectivity index (χ3n) is 7.39. The largest absolute Gasteiger partial charge is 0.467 e. The zero-order valence-electron chi connectivity index (χ0n) is 23.2. The van der Waals surface area contributed by atoms with Crippen LogP contribution in [0.1, 0.15) is 57.9 Å². The number of benzene rings is 2. The van der Waals surface area contributed by atoms with Gasteiger partial charge in [0.1, 0.15) is 18.4 Å². The number of carbonyl (C=O) groups excluding carboxylic acids is 3. The molecule has 1 aliphatic heterocycles. The van der Waals surface area contributed by atoms with Gasteiger partial charge in [0, 0.05) is 5.39 Å². The highest BCUT2D eigenvalue weighted by Crippen LogP contribution is 2.38. The molecule has 2 aromatic carbocycles. The Morgan fingerprint density at radius 2 is 1.83 bits per heavy atom. The topological polar surface area (TPSA) is 120 Å². The van der Waals surface area contributed by atoms with Crippen LogP contribution in [-0.4, -0.2) is 36.2 Å². The van der Waals surface area contributed by atoms with Crippen molar-refractivity contribution < 1.29 is 28.3 Å². The molecule has 0 saturated heterocycles. The summed E-state index contributed by atoms with van der Waals surface area (Å²) < 4.78 is 16.6. The number of furan rings is 1. The molecule has 0 fully saturated rings. The normalized spacial score (nSPS) is 17.1. The van der Waals surface area contributed by atoms with Crippen molar-refractivity contribution >= 4 is 40.5 Å². The lowest BCUT2D eigenvalue weighted by Gasteiger charge is -2.27. The van der Waals surface area contributed by atoms with Gasteiger partial charge >= 0.3 is 18.0 Å². The summed E-state index contributed by atoms with van der Waals surface area (Å²) in [5, 5.41) is 5.99. The molecule has 3 heterocycles. The summed E-state index contributed by atoms with van der Waals surface area (Å²) in [6, 6.07) is 17.6. The summed E-state index contributed by atoms with van der Waals surface area (Å²) >= 11 is 0. The van der Waals surface area contributed by atoms with Crippen molar-refractivity contribution in [3.8, 4) is 0 Å². The Morgan fingerprint density at radius 1 is 1.02 bits per heavy atom. The molecule has 0 bridgehead atoms. The van der Waals surface area contributed by atoms with E-state index in [4.69, 9.17) is 18.9 Å². The quantitative estimate of drug-likeness (QED) is 0.279. The van der Waals surface area contributed by atoms with Crippen LogP contribution in [0.15, 0.2) is 82.6 Å². The van der Waals surface area contributed by atoms with Crippen LogP contribution in [0.3, 0.4) is 0 Å². The second-order valence-corrected chi connectivity index (χ2v) is 10.1. The number of amides is 2. The minimum Gasteiger partial charge on any atom is -0.467 e. The molecule has 2 aliphatic rings. The first-order valence-corrected chi connectivity index (χ1v) is 13.8. The standard InChI is InChI=1S/C33H29N3O6/c1-3-40-32(38)28-25(35-33(39)36-30(28)26-9-6-16-41-26)18-42-31(37)27-22-7-4-5-8-24(22)34-29-21(14-15-23(27)29)17-20-12-10-19(2)11-13-20/h4-13,16-17,30H,3,14-15,18H2,1-2H3,(H2,35,36,39)/b21-17-. The number of carbonyl (C=O) groups is 3. The Balaban J connectivity index is 1.36. The van der Waals surface area contributed by atoms with Gasteiger partial charge in [-0.25, -0.2) is 19.4 Å². The third kappa shape index (κ3) is 5.16. The Labute approximate surface area is 242 Å². The average molecular weight is 564 g/mol. The van der Waals surface area contributed by atoms with Crippen molar-refractivity contribution in [2.45, 2.75) is 32.7 Å². The number of hydrogen-bond acceptors (Lipinski definition) is 7. The van der Waals surface area contributed by atoms with E-state index in [-0.39, 0.29) is 24.5 Å². The maximum absolute atomic E-state index is 13.8. The van der Waals surface area contributed by atoms with Crippen LogP contribution in [0, 0.1) is 6.92 Å². The van der Waals surface area contributed by atoms with Crippen LogP contribution in [0.2, 0.25) is 0 Å². The maximum atomic E-state index is 13.8. The van der Waals surface area contributed by atoms with Gasteiger partial charge in [-0.2, -0.15) is 0 Å². The van der Waals surface area contributed by atoms with Crippen molar-refractivity contribution in [2.75, 3.05) is 13.2 Å². The van der Waals surface area contributed by atoms with E-state index in [2.05, 4.69) is 41.0 Å². The van der Waals surface area contributed by atoms with Crippen LogP contribution in [0.4, 0.5) is 4.79 Å². The zero-order valence-corrected chi connectivity index (χ0v) is 23.2. The summed E-state index contributed by atoms with van der Waals surface area (Å²) in [6.07, 6.45) is 4.92. The second-order valence-electron chi connectivity index (χ2n) is 10.1. The van der Waals surface area contributed by atoms with Gasteiger partial charge in [-0.05, 0) is 67.7 Å². The summed E-state index contributed by atoms with van der Waals surface area (Å²) in [6.45, 7) is 3.51. The number of hydrogen-bond donors (Lipinski definition) is 2. The molecule has 1 unspecified atom stereocenters. The second kappa shape index (κ2) is 11.4. The molecule has 9 heteroatoms. The number of fused-ring (bicyclic) bond motifs is 2. The monoisotopic (exact) mass is 563 g/mol. The minimum absolute atomic E-state index is 0.104. The molecule has 2 amide bonds. The molecule has 1 aliphatic carbocycles. The van der Waals surface area contributed by atoms with Gasteiger partial charge in [-0.15, -0.1) is 0 Å². The number of nitrogens with zero attached hydrogens (tertiary/aromatic N) is 1. The number of urea groups is 1. The molecule has 2 aromatic heterocycles. The molecule has 0 spiro atoms. The van der Waals surface area contributed by atoms with Crippen molar-refractivity contribution in [3.63, 3.8) is 0 Å². The SMILES string of the molecule is CCOC(=O)C1=C(COC(=O)c2c3c(nc4ccccc24)/C(=C\c2ccc(C)cc2)CC3)NC(=O)NC1c1ccco1. The number of pyridine rings is 1. The van der Waals surface area contributed by atoms with E-state index in [1.807, 2.05) is 31.2 Å². The molecule has 0 saturated carbocycles. The molecule has 42 heavy (non-hydrogen) atoms. The van der Waals surface area contributed by atoms with Crippen LogP contribution in [0.5, 0.6) is 0 Å². The minimum atomic E-state index is -0.901. The first-order valence-electron chi connectivity index (χ1n) is 13.8. The number of aromatic nitrogens is 1. The highest BCUT2D eigenvalue weighted by molar-refractivity contribution is 6.07. The molecule has 9 nitrogen and oxygen atoms in total. The van der Waals surface area contributed by atoms with E-state index in [1.54, 1.807) is 19.1 Å². The molecule has 0 radical (unpaired) electrons. The fourth-order valence-corrected chi connectivity index (χ4v) is 5.44. The number of rotatable bonds is 7. The molecule has 4 aromatic rings. The number of aryl methyl sites for hydroxylation is 1. The Kier molecular flexibility index (Phi) is 7.31. The lowest BCUT2D eigenvalue weighted by Crippen LogP contribution is -2.47. The summed E-state index contributed by atoms with van der Waals surface area (Å²) in [7, 11) is 0. The van der Waals surface area contributed by atoms with Gasteiger partial charge in [0.05, 0.1) is 40.9 Å². The van der Waals surface area contributed by atoms with E-state index in [0.717, 1.165) is 28.8 Å².